The quantitative estimate of drug-likeness (QED) is 0.284. The van der Waals surface area contributed by atoms with Gasteiger partial charge in [-0.1, -0.05) is 31.4 Å². The van der Waals surface area contributed by atoms with Crippen molar-refractivity contribution in [2.24, 2.45) is 0 Å². The molecule has 0 unspecified atom stereocenters. The number of hydrogen-bond donors (Lipinski definition) is 1. The first kappa shape index (κ1) is 28.7. The molecule has 0 amide bonds. The van der Waals surface area contributed by atoms with Crippen molar-refractivity contribution in [3.8, 4) is 28.6 Å². The van der Waals surface area contributed by atoms with E-state index in [1.807, 2.05) is 0 Å². The Kier molecular flexibility index (Phi) is 10.3. The van der Waals surface area contributed by atoms with Crippen LogP contribution in [0.5, 0.6) is 17.4 Å². The summed E-state index contributed by atoms with van der Waals surface area (Å²) >= 11 is 0. The number of carboxylic acids is 1. The lowest BCUT2D eigenvalue weighted by molar-refractivity contribution is -0.140. The van der Waals surface area contributed by atoms with Crippen LogP contribution in [0.3, 0.4) is 0 Å². The third-order valence-corrected chi connectivity index (χ3v) is 5.11. The first-order chi connectivity index (χ1) is 18.1. The first-order valence-corrected chi connectivity index (χ1v) is 12.0. The molecular weight excluding hydrogens is 508 g/mol. The van der Waals surface area contributed by atoms with Crippen LogP contribution in [0.25, 0.3) is 11.3 Å². The molecule has 4 rings (SSSR count). The van der Waals surface area contributed by atoms with Crippen LogP contribution < -0.4 is 14.2 Å². The molecule has 7 nitrogen and oxygen atoms in total. The molecule has 0 spiro atoms. The van der Waals surface area contributed by atoms with E-state index in [0.717, 1.165) is 11.6 Å². The lowest BCUT2D eigenvalue weighted by Crippen LogP contribution is -2.14. The normalized spacial score (nSPS) is 12.2. The van der Waals surface area contributed by atoms with E-state index < -0.39 is 31.0 Å². The van der Waals surface area contributed by atoms with Gasteiger partial charge in [0.25, 0.3) is 0 Å². The molecular formula is C27H28F4N2O5. The number of rotatable bonds is 11. The molecule has 0 atom stereocenters. The second kappa shape index (κ2) is 13.6. The predicted molar refractivity (Wildman–Crippen MR) is 131 cm³/mol. The number of nitrogens with zero attached hydrogens (tertiary/aromatic N) is 2. The Morgan fingerprint density at radius 1 is 1.05 bits per heavy atom. The van der Waals surface area contributed by atoms with Crippen molar-refractivity contribution in [2.75, 3.05) is 13.7 Å². The molecule has 0 saturated heterocycles. The van der Waals surface area contributed by atoms with Crippen molar-refractivity contribution in [3.63, 3.8) is 0 Å². The van der Waals surface area contributed by atoms with E-state index in [9.17, 15) is 22.4 Å². The number of carboxylic acid groups (broad SMARTS) is 1. The fourth-order valence-electron chi connectivity index (χ4n) is 3.04. The molecule has 204 valence electrons. The van der Waals surface area contributed by atoms with Crippen LogP contribution in [0.4, 0.5) is 17.6 Å². The molecule has 1 aromatic heterocycles. The number of halogens is 4. The van der Waals surface area contributed by atoms with Crippen LogP contribution in [0, 0.1) is 5.82 Å². The Morgan fingerprint density at radius 3 is 2.47 bits per heavy atom. The summed E-state index contributed by atoms with van der Waals surface area (Å²) in [5.74, 6) is -1.12. The van der Waals surface area contributed by atoms with Crippen molar-refractivity contribution >= 4 is 5.97 Å². The Labute approximate surface area is 217 Å². The van der Waals surface area contributed by atoms with Crippen molar-refractivity contribution < 1.29 is 41.7 Å². The molecule has 1 aliphatic rings. The fraction of sp³-hybridized carbons (Fsp3) is 0.370. The summed E-state index contributed by atoms with van der Waals surface area (Å²) in [6.07, 6.45) is 0.430. The van der Waals surface area contributed by atoms with E-state index in [0.29, 0.717) is 17.9 Å². The standard InChI is InChI=1S/C24H22F4N2O5.C3H6/c1-33-17-6-7-20(25)19(12-17)22-23(34-10-9-24(26,27)28)30-16(13-29-22)14-35-18-4-2-3-15(11-18)5-8-21(31)32;1-2-3-1/h2-4,6-7,11-13H,5,8-10,14H2,1H3,(H,31,32);1-3H2. The van der Waals surface area contributed by atoms with Gasteiger partial charge < -0.3 is 19.3 Å². The Balaban J connectivity index is 0.00000124. The molecule has 0 aliphatic heterocycles. The van der Waals surface area contributed by atoms with Gasteiger partial charge in [0.2, 0.25) is 5.88 Å². The van der Waals surface area contributed by atoms with E-state index in [1.54, 1.807) is 24.3 Å². The summed E-state index contributed by atoms with van der Waals surface area (Å²) in [4.78, 5) is 19.1. The molecule has 1 fully saturated rings. The van der Waals surface area contributed by atoms with Gasteiger partial charge in [-0.25, -0.2) is 14.4 Å². The van der Waals surface area contributed by atoms with Crippen LogP contribution in [0.15, 0.2) is 48.7 Å². The predicted octanol–water partition coefficient (Wildman–Crippen LogP) is 6.39. The molecule has 38 heavy (non-hydrogen) atoms. The maximum absolute atomic E-state index is 14.5. The van der Waals surface area contributed by atoms with Crippen molar-refractivity contribution in [1.82, 2.24) is 9.97 Å². The number of aryl methyl sites for hydroxylation is 1. The van der Waals surface area contributed by atoms with Gasteiger partial charge in [-0.2, -0.15) is 13.2 Å². The molecule has 3 aromatic rings. The van der Waals surface area contributed by atoms with Gasteiger partial charge in [0.05, 0.1) is 26.3 Å². The van der Waals surface area contributed by atoms with E-state index in [2.05, 4.69) is 9.97 Å². The molecule has 2 aromatic carbocycles. The average molecular weight is 537 g/mol. The third kappa shape index (κ3) is 9.87. The van der Waals surface area contributed by atoms with Gasteiger partial charge in [-0.05, 0) is 42.3 Å². The first-order valence-electron chi connectivity index (χ1n) is 12.0. The maximum atomic E-state index is 14.5. The van der Waals surface area contributed by atoms with Crippen molar-refractivity contribution in [2.45, 2.75) is 51.3 Å². The lowest BCUT2D eigenvalue weighted by Gasteiger charge is -2.14. The summed E-state index contributed by atoms with van der Waals surface area (Å²) in [6.45, 7) is -0.835. The van der Waals surface area contributed by atoms with E-state index in [4.69, 9.17) is 19.3 Å². The smallest absolute Gasteiger partial charge is 0.392 e. The van der Waals surface area contributed by atoms with Crippen LogP contribution >= 0.6 is 0 Å². The monoisotopic (exact) mass is 536 g/mol. The number of aromatic nitrogens is 2. The van der Waals surface area contributed by atoms with Gasteiger partial charge in [-0.3, -0.25) is 4.79 Å². The molecule has 1 N–H and O–H groups in total. The SMILES string of the molecule is C1CC1.COc1ccc(F)c(-c2ncc(COc3cccc(CCC(=O)O)c3)nc2OCCC(F)(F)F)c1. The van der Waals surface area contributed by atoms with Crippen LogP contribution in [0.2, 0.25) is 0 Å². The highest BCUT2D eigenvalue weighted by molar-refractivity contribution is 5.67. The molecule has 11 heteroatoms. The molecule has 1 saturated carbocycles. The lowest BCUT2D eigenvalue weighted by atomic mass is 10.1. The zero-order valence-corrected chi connectivity index (χ0v) is 20.8. The summed E-state index contributed by atoms with van der Waals surface area (Å²) in [6, 6.07) is 10.7. The number of methoxy groups -OCH3 is 1. The highest BCUT2D eigenvalue weighted by atomic mass is 19.4. The second-order valence-corrected chi connectivity index (χ2v) is 8.46. The number of carbonyl (C=O) groups is 1. The van der Waals surface area contributed by atoms with Crippen molar-refractivity contribution in [1.29, 1.82) is 0 Å². The van der Waals surface area contributed by atoms with Gasteiger partial charge in [0, 0.05) is 12.0 Å². The van der Waals surface area contributed by atoms with Gasteiger partial charge in [0.1, 0.15) is 35.3 Å². The minimum Gasteiger partial charge on any atom is -0.497 e. The number of hydrogen-bond acceptors (Lipinski definition) is 6. The van der Waals surface area contributed by atoms with E-state index >= 15 is 0 Å². The second-order valence-electron chi connectivity index (χ2n) is 8.46. The molecule has 0 bridgehead atoms. The zero-order chi connectivity index (χ0) is 27.5. The maximum Gasteiger partial charge on any atom is 0.392 e. The Bertz CT molecular complexity index is 1220. The van der Waals surface area contributed by atoms with Crippen LogP contribution in [-0.4, -0.2) is 40.9 Å². The van der Waals surface area contributed by atoms with Gasteiger partial charge in [-0.15, -0.1) is 0 Å². The van der Waals surface area contributed by atoms with Gasteiger partial charge >= 0.3 is 12.1 Å². The highest BCUT2D eigenvalue weighted by Gasteiger charge is 2.27. The van der Waals surface area contributed by atoms with E-state index in [-0.39, 0.29) is 35.9 Å². The molecule has 0 radical (unpaired) electrons. The zero-order valence-electron chi connectivity index (χ0n) is 20.8. The van der Waals surface area contributed by atoms with Gasteiger partial charge in [0.15, 0.2) is 0 Å². The largest absolute Gasteiger partial charge is 0.497 e. The molecule has 1 heterocycles. The third-order valence-electron chi connectivity index (χ3n) is 5.11. The average Bonchev–Trinajstić information content (AvgIpc) is 3.76. The van der Waals surface area contributed by atoms with Crippen molar-refractivity contribution in [3.05, 3.63) is 65.7 Å². The fourth-order valence-corrected chi connectivity index (χ4v) is 3.04. The van der Waals surface area contributed by atoms with Crippen LogP contribution in [-0.2, 0) is 17.8 Å². The number of aliphatic carboxylic acids is 1. The Morgan fingerprint density at radius 2 is 1.82 bits per heavy atom. The summed E-state index contributed by atoms with van der Waals surface area (Å²) in [5.41, 5.74) is 0.867. The Hall–Kier alpha value is -3.89. The highest BCUT2D eigenvalue weighted by Crippen LogP contribution is 2.32. The minimum absolute atomic E-state index is 0.0319. The minimum atomic E-state index is -4.44. The summed E-state index contributed by atoms with van der Waals surface area (Å²) in [7, 11) is 1.39. The van der Waals surface area contributed by atoms with Crippen LogP contribution in [0.1, 0.15) is 43.4 Å². The number of alkyl halides is 3. The van der Waals surface area contributed by atoms with E-state index in [1.165, 1.54) is 44.7 Å². The summed E-state index contributed by atoms with van der Waals surface area (Å²) in [5, 5.41) is 8.83. The number of ether oxygens (including phenoxy) is 3. The molecule has 1 aliphatic carbocycles. The summed E-state index contributed by atoms with van der Waals surface area (Å²) < 4.78 is 68.4. The topological polar surface area (TPSA) is 90.8 Å². The number of benzene rings is 2.